The van der Waals surface area contributed by atoms with Gasteiger partial charge in [0.25, 0.3) is 0 Å². The van der Waals surface area contributed by atoms with E-state index in [1.54, 1.807) is 40.1 Å². The largest absolute Gasteiger partial charge is 0.349 e. The van der Waals surface area contributed by atoms with Crippen LogP contribution in [0.2, 0.25) is 0 Å². The van der Waals surface area contributed by atoms with Crippen LogP contribution in [0.5, 0.6) is 0 Å². The molecule has 1 aliphatic rings. The van der Waals surface area contributed by atoms with E-state index in [-0.39, 0.29) is 6.04 Å². The third-order valence-corrected chi connectivity index (χ3v) is 6.23. The van der Waals surface area contributed by atoms with E-state index in [0.29, 0.717) is 41.2 Å². The minimum Gasteiger partial charge on any atom is -0.349 e. The van der Waals surface area contributed by atoms with Crippen LogP contribution in [0.1, 0.15) is 30.0 Å². The first-order chi connectivity index (χ1) is 17.1. The number of rotatable bonds is 4. The molecule has 172 valence electrons. The van der Waals surface area contributed by atoms with Crippen molar-refractivity contribution in [2.45, 2.75) is 18.9 Å². The van der Waals surface area contributed by atoms with Crippen LogP contribution in [0.25, 0.3) is 22.5 Å². The number of aromatic nitrogens is 6. The molecule has 0 aliphatic carbocycles. The Morgan fingerprint density at radius 1 is 1.00 bits per heavy atom. The molecule has 1 atom stereocenters. The molecule has 0 amide bonds. The van der Waals surface area contributed by atoms with Gasteiger partial charge in [-0.2, -0.15) is 15.5 Å². The third kappa shape index (κ3) is 3.67. The number of hydrogen-bond donors (Lipinski definition) is 0. The Labute approximate surface area is 198 Å². The molecule has 0 bridgehead atoms. The molecule has 0 saturated carbocycles. The van der Waals surface area contributed by atoms with Crippen LogP contribution in [0.15, 0.2) is 67.5 Å². The second-order valence-corrected chi connectivity index (χ2v) is 8.35. The number of hydrogen-bond acceptors (Lipinski definition) is 6. The van der Waals surface area contributed by atoms with Gasteiger partial charge in [0.15, 0.2) is 5.65 Å². The maximum Gasteiger partial charge on any atom is 0.183 e. The second kappa shape index (κ2) is 8.29. The monoisotopic (exact) mass is 468 g/mol. The zero-order valence-electron chi connectivity index (χ0n) is 18.4. The lowest BCUT2D eigenvalue weighted by molar-refractivity contribution is 0.560. The number of nitrogens with zero attached hydrogens (tertiary/aromatic N) is 8. The highest BCUT2D eigenvalue weighted by molar-refractivity contribution is 5.66. The summed E-state index contributed by atoms with van der Waals surface area (Å²) >= 11 is 0. The van der Waals surface area contributed by atoms with Gasteiger partial charge in [0, 0.05) is 48.0 Å². The van der Waals surface area contributed by atoms with Gasteiger partial charge < -0.3 is 4.90 Å². The Bertz CT molecular complexity index is 1600. The molecule has 5 heterocycles. The Kier molecular flexibility index (Phi) is 4.95. The van der Waals surface area contributed by atoms with Gasteiger partial charge in [-0.3, -0.25) is 4.98 Å². The molecule has 1 fully saturated rings. The van der Waals surface area contributed by atoms with Gasteiger partial charge in [-0.25, -0.2) is 23.0 Å². The average molecular weight is 468 g/mol. The van der Waals surface area contributed by atoms with Crippen LogP contribution in [0, 0.1) is 23.0 Å². The quantitative estimate of drug-likeness (QED) is 0.387. The van der Waals surface area contributed by atoms with E-state index >= 15 is 0 Å². The highest BCUT2D eigenvalue weighted by Crippen LogP contribution is 2.37. The summed E-state index contributed by atoms with van der Waals surface area (Å²) in [7, 11) is 0. The lowest BCUT2D eigenvalue weighted by atomic mass is 10.0. The zero-order valence-corrected chi connectivity index (χ0v) is 18.4. The summed E-state index contributed by atoms with van der Waals surface area (Å²) in [6.45, 7) is 0.682. The Hall–Kier alpha value is -4.65. The molecule has 0 radical (unpaired) electrons. The third-order valence-electron chi connectivity index (χ3n) is 6.23. The maximum atomic E-state index is 14.5. The van der Waals surface area contributed by atoms with E-state index in [9.17, 15) is 8.78 Å². The molecule has 35 heavy (non-hydrogen) atoms. The Morgan fingerprint density at radius 2 is 1.91 bits per heavy atom. The molecule has 6 rings (SSSR count). The molecule has 4 aromatic heterocycles. The predicted octanol–water partition coefficient (Wildman–Crippen LogP) is 4.47. The molecular formula is C25H18F2N8. The summed E-state index contributed by atoms with van der Waals surface area (Å²) in [6.07, 6.45) is 11.7. The van der Waals surface area contributed by atoms with Crippen LogP contribution in [0.3, 0.4) is 0 Å². The van der Waals surface area contributed by atoms with Crippen molar-refractivity contribution in [1.29, 1.82) is 5.26 Å². The molecule has 1 aliphatic heterocycles. The van der Waals surface area contributed by atoms with E-state index in [0.717, 1.165) is 23.6 Å². The van der Waals surface area contributed by atoms with Gasteiger partial charge in [-0.1, -0.05) is 0 Å². The van der Waals surface area contributed by atoms with Crippen molar-refractivity contribution < 1.29 is 8.78 Å². The second-order valence-electron chi connectivity index (χ2n) is 8.35. The highest BCUT2D eigenvalue weighted by Gasteiger charge is 2.30. The number of anilines is 1. The summed E-state index contributed by atoms with van der Waals surface area (Å²) in [5.41, 5.74) is 3.61. The van der Waals surface area contributed by atoms with E-state index in [1.165, 1.54) is 18.3 Å². The minimum absolute atomic E-state index is 0.303. The van der Waals surface area contributed by atoms with Gasteiger partial charge in [0.2, 0.25) is 0 Å². The highest BCUT2D eigenvalue weighted by atomic mass is 19.1. The average Bonchev–Trinajstić information content (AvgIpc) is 3.64. The summed E-state index contributed by atoms with van der Waals surface area (Å²) in [5.74, 6) is -0.225. The van der Waals surface area contributed by atoms with Gasteiger partial charge in [0.05, 0.1) is 24.0 Å². The number of benzene rings is 1. The van der Waals surface area contributed by atoms with Crippen molar-refractivity contribution in [2.75, 3.05) is 11.4 Å². The van der Waals surface area contributed by atoms with Crippen LogP contribution < -0.4 is 4.90 Å². The normalized spacial score (nSPS) is 15.6. The molecule has 0 N–H and O–H groups in total. The Morgan fingerprint density at radius 3 is 2.80 bits per heavy atom. The minimum atomic E-state index is -0.459. The van der Waals surface area contributed by atoms with Crippen molar-refractivity contribution in [3.8, 4) is 22.9 Å². The topological polar surface area (TPSA) is 87.9 Å². The van der Waals surface area contributed by atoms with Crippen molar-refractivity contribution in [1.82, 2.24) is 29.4 Å². The SMILES string of the molecule is N#Cc1cncc(-c2cnn(-c3cnn4ccc(N5CCC[C@@H]5c5cc(F)ccc5F)nc34)c2)c1. The summed E-state index contributed by atoms with van der Waals surface area (Å²) in [6, 6.07) is 8.93. The molecule has 8 nitrogen and oxygen atoms in total. The lowest BCUT2D eigenvalue weighted by Crippen LogP contribution is -2.24. The molecule has 1 aromatic carbocycles. The van der Waals surface area contributed by atoms with Crippen molar-refractivity contribution in [3.05, 3.63) is 90.3 Å². The molecular weight excluding hydrogens is 450 g/mol. The maximum absolute atomic E-state index is 14.5. The van der Waals surface area contributed by atoms with Gasteiger partial charge in [0.1, 0.15) is 29.2 Å². The number of nitriles is 1. The fraction of sp³-hybridized carbons (Fsp3) is 0.160. The van der Waals surface area contributed by atoms with Crippen molar-refractivity contribution >= 4 is 11.5 Å². The van der Waals surface area contributed by atoms with Crippen molar-refractivity contribution in [2.24, 2.45) is 0 Å². The molecule has 5 aromatic rings. The standard InChI is InChI=1S/C25H18F2N8/c26-19-3-4-21(27)20(9-19)22-2-1-6-33(22)24-5-7-34-25(32-24)23(14-31-34)35-15-18(13-30-35)17-8-16(10-28)11-29-12-17/h3-5,7-9,11-15,22H,1-2,6H2/t22-/m1/s1. The summed E-state index contributed by atoms with van der Waals surface area (Å²) in [5, 5.41) is 18.0. The van der Waals surface area contributed by atoms with E-state index in [4.69, 9.17) is 10.2 Å². The van der Waals surface area contributed by atoms with E-state index in [1.807, 2.05) is 17.2 Å². The molecule has 0 unspecified atom stereocenters. The first-order valence-corrected chi connectivity index (χ1v) is 11.1. The van der Waals surface area contributed by atoms with Crippen molar-refractivity contribution in [3.63, 3.8) is 0 Å². The molecule has 1 saturated heterocycles. The summed E-state index contributed by atoms with van der Waals surface area (Å²) in [4.78, 5) is 10.9. The van der Waals surface area contributed by atoms with Crippen LogP contribution in [0.4, 0.5) is 14.6 Å². The van der Waals surface area contributed by atoms with E-state index < -0.39 is 11.6 Å². The van der Waals surface area contributed by atoms with Crippen LogP contribution in [-0.4, -0.2) is 35.9 Å². The number of fused-ring (bicyclic) bond motifs is 1. The smallest absolute Gasteiger partial charge is 0.183 e. The van der Waals surface area contributed by atoms with Crippen LogP contribution in [-0.2, 0) is 0 Å². The van der Waals surface area contributed by atoms with Crippen LogP contribution >= 0.6 is 0 Å². The van der Waals surface area contributed by atoms with E-state index in [2.05, 4.69) is 21.3 Å². The van der Waals surface area contributed by atoms with Gasteiger partial charge in [-0.05, 0) is 43.2 Å². The first-order valence-electron chi connectivity index (χ1n) is 11.1. The van der Waals surface area contributed by atoms with Gasteiger partial charge in [-0.15, -0.1) is 0 Å². The number of halogens is 2. The first kappa shape index (κ1) is 20.9. The fourth-order valence-electron chi connectivity index (χ4n) is 4.57. The number of pyridine rings is 1. The zero-order chi connectivity index (χ0) is 23.9. The summed E-state index contributed by atoms with van der Waals surface area (Å²) < 4.78 is 31.7. The lowest BCUT2D eigenvalue weighted by Gasteiger charge is -2.26. The Balaban J connectivity index is 1.37. The predicted molar refractivity (Wildman–Crippen MR) is 124 cm³/mol. The van der Waals surface area contributed by atoms with Gasteiger partial charge >= 0.3 is 0 Å². The fourth-order valence-corrected chi connectivity index (χ4v) is 4.57. The molecule has 10 heteroatoms. The molecule has 0 spiro atoms.